The number of imidazole rings is 2. The molecule has 1 fully saturated rings. The number of thioether (sulfide) groups is 2. The summed E-state index contributed by atoms with van der Waals surface area (Å²) in [7, 11) is -4.32. The first-order valence-electron chi connectivity index (χ1n) is 11.1. The van der Waals surface area contributed by atoms with E-state index in [9.17, 15) is 32.8 Å². The number of hydrogen-bond donors (Lipinski definition) is 4. The Morgan fingerprint density at radius 3 is 2.71 bits per heavy atom. The second kappa shape index (κ2) is 12.1. The molecule has 1 aliphatic heterocycles. The number of alkyl halides is 3. The zero-order chi connectivity index (χ0) is 27.5. The lowest BCUT2D eigenvalue weighted by Crippen LogP contribution is -2.33. The van der Waals surface area contributed by atoms with Gasteiger partial charge in [0.05, 0.1) is 19.4 Å². The van der Waals surface area contributed by atoms with Gasteiger partial charge < -0.3 is 25.2 Å². The van der Waals surface area contributed by atoms with Gasteiger partial charge in [-0.15, -0.1) is 0 Å². The molecule has 4 rings (SSSR count). The first-order valence-corrected chi connectivity index (χ1v) is 15.1. The standard InChI is InChI=1S/C19H25F3N7O6PS2/c1-37-7-4-24-15-12-16(27-18(26-15)38-6-2-19(20,21)22)29(10-25-12)17-14(31)13(30)11(35-17)8-34-36(32,33)28-5-3-23-9-28/h3,5,9-11,13-14,17,30-31H,2,4,6-8H2,1H3,(H,32,33)(H,24,26,27)/t11-,13?,14+,17-/m1/s1. The molecule has 0 bridgehead atoms. The fourth-order valence-electron chi connectivity index (χ4n) is 3.54. The van der Waals surface area contributed by atoms with Gasteiger partial charge >= 0.3 is 13.9 Å². The van der Waals surface area contributed by atoms with E-state index in [2.05, 4.69) is 25.3 Å². The van der Waals surface area contributed by atoms with E-state index in [0.717, 1.165) is 28.2 Å². The second-order valence-electron chi connectivity index (χ2n) is 8.09. The van der Waals surface area contributed by atoms with Gasteiger partial charge in [0.25, 0.3) is 0 Å². The summed E-state index contributed by atoms with van der Waals surface area (Å²) in [6.07, 6.45) is -3.95. The van der Waals surface area contributed by atoms with E-state index < -0.39 is 51.5 Å². The number of ether oxygens (including phenoxy) is 1. The molecule has 210 valence electrons. The fraction of sp³-hybridized carbons (Fsp3) is 0.579. The lowest BCUT2D eigenvalue weighted by Gasteiger charge is -2.18. The zero-order valence-electron chi connectivity index (χ0n) is 19.8. The third-order valence-corrected chi connectivity index (χ3v) is 8.18. The Labute approximate surface area is 222 Å². The highest BCUT2D eigenvalue weighted by molar-refractivity contribution is 7.99. The number of aliphatic hydroxyl groups is 2. The molecule has 1 saturated heterocycles. The van der Waals surface area contributed by atoms with Gasteiger partial charge in [0.2, 0.25) is 0 Å². The summed E-state index contributed by atoms with van der Waals surface area (Å²) in [4.78, 5) is 26.7. The second-order valence-corrected chi connectivity index (χ2v) is 11.8. The van der Waals surface area contributed by atoms with E-state index in [4.69, 9.17) is 9.26 Å². The van der Waals surface area contributed by atoms with Gasteiger partial charge in [-0.3, -0.25) is 9.09 Å². The van der Waals surface area contributed by atoms with Crippen LogP contribution in [0, 0.1) is 0 Å². The molecule has 38 heavy (non-hydrogen) atoms. The number of aliphatic hydroxyl groups excluding tert-OH is 2. The molecule has 1 aliphatic rings. The van der Waals surface area contributed by atoms with Gasteiger partial charge in [-0.25, -0.2) is 28.8 Å². The van der Waals surface area contributed by atoms with Crippen LogP contribution >= 0.6 is 31.3 Å². The summed E-state index contributed by atoms with van der Waals surface area (Å²) in [5, 5.41) is 24.4. The van der Waals surface area contributed by atoms with Crippen LogP contribution in [-0.4, -0.2) is 99.3 Å². The van der Waals surface area contributed by atoms with Crippen molar-refractivity contribution in [2.24, 2.45) is 0 Å². The summed E-state index contributed by atoms with van der Waals surface area (Å²) in [6, 6.07) is 0. The number of hydrogen-bond acceptors (Lipinski definition) is 12. The molecular weight excluding hydrogens is 574 g/mol. The van der Waals surface area contributed by atoms with Crippen molar-refractivity contribution in [3.63, 3.8) is 0 Å². The van der Waals surface area contributed by atoms with Crippen molar-refractivity contribution in [2.75, 3.05) is 36.2 Å². The molecule has 0 radical (unpaired) electrons. The predicted octanol–water partition coefficient (Wildman–Crippen LogP) is 2.13. The van der Waals surface area contributed by atoms with Crippen LogP contribution in [0.15, 0.2) is 30.2 Å². The molecule has 4 heterocycles. The number of rotatable bonds is 12. The van der Waals surface area contributed by atoms with E-state index in [1.165, 1.54) is 23.3 Å². The number of nitrogens with one attached hydrogen (secondary N) is 1. The zero-order valence-corrected chi connectivity index (χ0v) is 22.3. The van der Waals surface area contributed by atoms with E-state index in [1.54, 1.807) is 11.8 Å². The Hall–Kier alpha value is -1.92. The minimum Gasteiger partial charge on any atom is -0.387 e. The van der Waals surface area contributed by atoms with Crippen LogP contribution in [0.2, 0.25) is 0 Å². The number of fused-ring (bicyclic) bond motifs is 1. The highest BCUT2D eigenvalue weighted by atomic mass is 32.2. The molecule has 3 aromatic rings. The minimum absolute atomic E-state index is 0.0598. The third-order valence-electron chi connectivity index (χ3n) is 5.42. The summed E-state index contributed by atoms with van der Waals surface area (Å²) in [5.41, 5.74) is 0.446. The topological polar surface area (TPSA) is 170 Å². The Balaban J connectivity index is 1.56. The molecule has 3 aromatic heterocycles. The van der Waals surface area contributed by atoms with Crippen LogP contribution in [0.25, 0.3) is 11.2 Å². The van der Waals surface area contributed by atoms with Crippen LogP contribution in [-0.2, 0) is 13.8 Å². The van der Waals surface area contributed by atoms with Crippen molar-refractivity contribution in [3.05, 3.63) is 25.0 Å². The van der Waals surface area contributed by atoms with Gasteiger partial charge in [-0.1, -0.05) is 11.8 Å². The number of nitrogens with zero attached hydrogens (tertiary/aromatic N) is 6. The number of aromatic nitrogens is 6. The Morgan fingerprint density at radius 2 is 2.03 bits per heavy atom. The lowest BCUT2D eigenvalue weighted by molar-refractivity contribution is -0.129. The van der Waals surface area contributed by atoms with Gasteiger partial charge in [-0.2, -0.15) is 24.9 Å². The average Bonchev–Trinajstić information content (AvgIpc) is 3.59. The maximum absolute atomic E-state index is 12.6. The largest absolute Gasteiger partial charge is 0.437 e. The summed E-state index contributed by atoms with van der Waals surface area (Å²) in [5.74, 6) is 0.730. The SMILES string of the molecule is CSCCNc1nc(SCCC(F)(F)F)nc2c1ncn2[C@@H]1O[C@H](COP(=O)(O)n2ccnc2)C(O)[C@@H]1O. The first-order chi connectivity index (χ1) is 18.0. The van der Waals surface area contributed by atoms with Crippen LogP contribution in [0.5, 0.6) is 0 Å². The van der Waals surface area contributed by atoms with E-state index in [1.807, 2.05) is 6.26 Å². The van der Waals surface area contributed by atoms with Crippen LogP contribution in [0.4, 0.5) is 19.0 Å². The molecule has 2 unspecified atom stereocenters. The van der Waals surface area contributed by atoms with Crippen molar-refractivity contribution >= 4 is 48.3 Å². The summed E-state index contributed by atoms with van der Waals surface area (Å²) < 4.78 is 63.4. The average molecular weight is 600 g/mol. The maximum atomic E-state index is 12.6. The quantitative estimate of drug-likeness (QED) is 0.103. The van der Waals surface area contributed by atoms with Crippen molar-refractivity contribution in [1.29, 1.82) is 0 Å². The molecule has 19 heteroatoms. The molecule has 0 aromatic carbocycles. The smallest absolute Gasteiger partial charge is 0.387 e. The molecule has 4 N–H and O–H groups in total. The molecular formula is C19H25F3N7O6PS2. The molecule has 0 amide bonds. The van der Waals surface area contributed by atoms with Gasteiger partial charge in [0, 0.05) is 30.4 Å². The van der Waals surface area contributed by atoms with Crippen molar-refractivity contribution in [2.45, 2.75) is 42.3 Å². The monoisotopic (exact) mass is 599 g/mol. The van der Waals surface area contributed by atoms with Crippen molar-refractivity contribution < 1.29 is 42.1 Å². The number of anilines is 1. The van der Waals surface area contributed by atoms with Gasteiger partial charge in [0.1, 0.15) is 24.6 Å². The van der Waals surface area contributed by atoms with Gasteiger partial charge in [-0.05, 0) is 6.26 Å². The highest BCUT2D eigenvalue weighted by Gasteiger charge is 2.45. The van der Waals surface area contributed by atoms with Crippen LogP contribution < -0.4 is 5.32 Å². The van der Waals surface area contributed by atoms with Crippen LogP contribution in [0.1, 0.15) is 12.6 Å². The summed E-state index contributed by atoms with van der Waals surface area (Å²) >= 11 is 2.40. The molecule has 5 atom stereocenters. The molecule has 0 spiro atoms. The predicted molar refractivity (Wildman–Crippen MR) is 133 cm³/mol. The fourth-order valence-corrected chi connectivity index (χ4v) is 5.56. The van der Waals surface area contributed by atoms with E-state index in [-0.39, 0.29) is 22.1 Å². The first kappa shape index (κ1) is 29.1. The number of halogens is 3. The van der Waals surface area contributed by atoms with E-state index in [0.29, 0.717) is 12.4 Å². The van der Waals surface area contributed by atoms with E-state index >= 15 is 0 Å². The van der Waals surface area contributed by atoms with Gasteiger partial charge in [0.15, 0.2) is 28.4 Å². The molecule has 0 aliphatic carbocycles. The maximum Gasteiger partial charge on any atom is 0.437 e. The Morgan fingerprint density at radius 1 is 1.24 bits per heavy atom. The lowest BCUT2D eigenvalue weighted by atomic mass is 10.1. The van der Waals surface area contributed by atoms with Crippen molar-refractivity contribution in [3.8, 4) is 0 Å². The third kappa shape index (κ3) is 6.80. The molecule has 13 nitrogen and oxygen atoms in total. The van der Waals surface area contributed by atoms with Crippen LogP contribution in [0.3, 0.4) is 0 Å². The molecule has 0 saturated carbocycles. The highest BCUT2D eigenvalue weighted by Crippen LogP contribution is 2.44. The summed E-state index contributed by atoms with van der Waals surface area (Å²) in [6.45, 7) is -0.0338. The van der Waals surface area contributed by atoms with Crippen molar-refractivity contribution in [1.82, 2.24) is 28.8 Å². The Kier molecular flexibility index (Phi) is 9.24. The Bertz CT molecular complexity index is 1270. The normalized spacial score (nSPS) is 23.7. The minimum atomic E-state index is -4.33.